The third-order valence-corrected chi connectivity index (χ3v) is 1.98. The summed E-state index contributed by atoms with van der Waals surface area (Å²) in [6, 6.07) is 3.08. The first kappa shape index (κ1) is 8.36. The van der Waals surface area contributed by atoms with Gasteiger partial charge < -0.3 is 21.9 Å². The molecule has 0 atom stereocenters. The van der Waals surface area contributed by atoms with Crippen LogP contribution in [-0.4, -0.2) is 0 Å². The average Bonchev–Trinajstić information content (AvgIpc) is 2.10. The number of hydrogen-bond donors (Lipinski definition) is 2. The van der Waals surface area contributed by atoms with E-state index < -0.39 is 0 Å². The Balaban J connectivity index is 3.00. The van der Waals surface area contributed by atoms with Crippen molar-refractivity contribution < 1.29 is 9.46 Å². The van der Waals surface area contributed by atoms with Gasteiger partial charge in [0.1, 0.15) is 11.1 Å². The summed E-state index contributed by atoms with van der Waals surface area (Å²) in [5.41, 5.74) is 12.1. The van der Waals surface area contributed by atoms with Crippen LogP contribution in [0.15, 0.2) is 24.7 Å². The maximum Gasteiger partial charge on any atom is 0.430 e. The summed E-state index contributed by atoms with van der Waals surface area (Å²) >= 11 is 0. The third-order valence-electron chi connectivity index (χ3n) is 1.98. The molecule has 0 amide bonds. The van der Waals surface area contributed by atoms with Crippen LogP contribution in [-0.2, 0) is 0 Å². The zero-order valence-electron chi connectivity index (χ0n) is 7.18. The summed E-state index contributed by atoms with van der Waals surface area (Å²) in [5.74, 6) is 0. The predicted molar refractivity (Wildman–Crippen MR) is 50.7 cm³/mol. The van der Waals surface area contributed by atoms with Crippen LogP contribution in [0, 0.1) is 10.4 Å². The van der Waals surface area contributed by atoms with Gasteiger partial charge in [0, 0.05) is 0 Å². The van der Waals surface area contributed by atoms with Gasteiger partial charge in [-0.2, -0.15) is 0 Å². The first-order chi connectivity index (χ1) is 6.59. The Morgan fingerprint density at radius 2 is 1.71 bits per heavy atom. The Labute approximate surface area is 79.1 Å². The molecule has 1 heterocycles. The van der Waals surface area contributed by atoms with Crippen molar-refractivity contribution in [2.75, 3.05) is 11.5 Å². The van der Waals surface area contributed by atoms with Crippen molar-refractivity contribution in [3.63, 3.8) is 0 Å². The molecular formula is C8H8N4O2. The molecule has 0 aliphatic rings. The minimum atomic E-state index is 0.220. The van der Waals surface area contributed by atoms with Crippen LogP contribution in [0.25, 0.3) is 10.9 Å². The molecule has 0 bridgehead atoms. The number of nitrogens with zero attached hydrogens (tertiary/aromatic N) is 2. The molecule has 1 aromatic carbocycles. The molecule has 72 valence electrons. The molecular weight excluding hydrogens is 184 g/mol. The molecule has 1 aromatic heterocycles. The highest BCUT2D eigenvalue weighted by Crippen LogP contribution is 2.21. The first-order valence-electron chi connectivity index (χ1n) is 3.89. The molecule has 4 N–H and O–H groups in total. The van der Waals surface area contributed by atoms with Crippen LogP contribution in [0.1, 0.15) is 0 Å². The van der Waals surface area contributed by atoms with Crippen LogP contribution >= 0.6 is 0 Å². The number of rotatable bonds is 0. The predicted octanol–water partition coefficient (Wildman–Crippen LogP) is -0.729. The summed E-state index contributed by atoms with van der Waals surface area (Å²) in [4.78, 5) is 0. The summed E-state index contributed by atoms with van der Waals surface area (Å²) < 4.78 is 0.805. The van der Waals surface area contributed by atoms with Crippen molar-refractivity contribution in [1.29, 1.82) is 0 Å². The van der Waals surface area contributed by atoms with Gasteiger partial charge in [-0.1, -0.05) is 0 Å². The van der Waals surface area contributed by atoms with Crippen LogP contribution in [0.2, 0.25) is 0 Å². The summed E-state index contributed by atoms with van der Waals surface area (Å²) in [7, 11) is 0. The fourth-order valence-electron chi connectivity index (χ4n) is 1.34. The molecule has 14 heavy (non-hydrogen) atoms. The highest BCUT2D eigenvalue weighted by Gasteiger charge is 2.14. The van der Waals surface area contributed by atoms with Gasteiger partial charge in [0.25, 0.3) is 5.52 Å². The Morgan fingerprint density at radius 1 is 1.07 bits per heavy atom. The fraction of sp³-hybridized carbons (Fsp3) is 0. The molecule has 2 rings (SSSR count). The van der Waals surface area contributed by atoms with Crippen molar-refractivity contribution >= 4 is 22.3 Å². The van der Waals surface area contributed by atoms with E-state index >= 15 is 0 Å². The van der Waals surface area contributed by atoms with Crippen LogP contribution < -0.4 is 20.9 Å². The lowest BCUT2D eigenvalue weighted by molar-refractivity contribution is -0.730. The smallest absolute Gasteiger partial charge is 0.430 e. The maximum atomic E-state index is 11.3. The van der Waals surface area contributed by atoms with E-state index in [0.29, 0.717) is 26.2 Å². The molecule has 0 saturated heterocycles. The van der Waals surface area contributed by atoms with Crippen molar-refractivity contribution in [2.24, 2.45) is 0 Å². The Morgan fingerprint density at radius 3 is 2.43 bits per heavy atom. The standard InChI is InChI=1S/C8H8N4O2/c9-6-1-2-7(10)8-5(6)3-11(13)4-12(8)14/h1-4H,9-10H2. The van der Waals surface area contributed by atoms with Gasteiger partial charge in [-0.15, -0.1) is 9.46 Å². The Bertz CT molecular complexity index is 512. The van der Waals surface area contributed by atoms with Crippen molar-refractivity contribution in [1.82, 2.24) is 0 Å². The van der Waals surface area contributed by atoms with Gasteiger partial charge in [0.2, 0.25) is 6.20 Å². The molecule has 0 spiro atoms. The van der Waals surface area contributed by atoms with Gasteiger partial charge in [-0.3, -0.25) is 0 Å². The number of nitrogen functional groups attached to an aromatic ring is 2. The quantitative estimate of drug-likeness (QED) is 0.326. The number of hydrogen-bond acceptors (Lipinski definition) is 4. The van der Waals surface area contributed by atoms with Crippen molar-refractivity contribution in [3.8, 4) is 0 Å². The minimum Gasteiger partial charge on any atom is -0.614 e. The largest absolute Gasteiger partial charge is 0.614 e. The van der Waals surface area contributed by atoms with Gasteiger partial charge in [0.15, 0.2) is 0 Å². The Hall–Kier alpha value is -2.24. The van der Waals surface area contributed by atoms with Gasteiger partial charge in [0.05, 0.1) is 5.69 Å². The molecule has 0 aliphatic heterocycles. The topological polar surface area (TPSA) is 106 Å². The molecule has 2 aromatic rings. The van der Waals surface area contributed by atoms with E-state index in [4.69, 9.17) is 11.5 Å². The second-order valence-electron chi connectivity index (χ2n) is 2.94. The molecule has 0 unspecified atom stereocenters. The minimum absolute atomic E-state index is 0.220. The second-order valence-corrected chi connectivity index (χ2v) is 2.94. The van der Waals surface area contributed by atoms with E-state index in [-0.39, 0.29) is 5.52 Å². The van der Waals surface area contributed by atoms with Gasteiger partial charge in [-0.05, 0) is 12.1 Å². The van der Waals surface area contributed by atoms with Gasteiger partial charge in [-0.25, -0.2) is 0 Å². The third kappa shape index (κ3) is 1.05. The Kier molecular flexibility index (Phi) is 1.57. The van der Waals surface area contributed by atoms with Crippen molar-refractivity contribution in [2.45, 2.75) is 0 Å². The SMILES string of the molecule is Nc1ccc(N)c2c1c[n+]([O-])c[n+]2[O-]. The second kappa shape index (κ2) is 2.63. The molecule has 0 aliphatic carbocycles. The van der Waals surface area contributed by atoms with Crippen molar-refractivity contribution in [3.05, 3.63) is 35.1 Å². The summed E-state index contributed by atoms with van der Waals surface area (Å²) in [6.45, 7) is 0. The molecule has 0 saturated carbocycles. The van der Waals surface area contributed by atoms with Crippen LogP contribution in [0.5, 0.6) is 0 Å². The number of aromatic nitrogens is 2. The molecule has 6 nitrogen and oxygen atoms in total. The van der Waals surface area contributed by atoms with E-state index in [1.807, 2.05) is 0 Å². The fourth-order valence-corrected chi connectivity index (χ4v) is 1.34. The normalized spacial score (nSPS) is 10.6. The van der Waals surface area contributed by atoms with Crippen LogP contribution in [0.3, 0.4) is 0 Å². The van der Waals surface area contributed by atoms with E-state index in [1.165, 1.54) is 12.3 Å². The average molecular weight is 192 g/mol. The van der Waals surface area contributed by atoms with E-state index in [0.717, 1.165) is 6.33 Å². The number of fused-ring (bicyclic) bond motifs is 1. The molecule has 0 radical (unpaired) electrons. The van der Waals surface area contributed by atoms with Crippen LogP contribution in [0.4, 0.5) is 11.4 Å². The lowest BCUT2D eigenvalue weighted by atomic mass is 10.2. The zero-order valence-corrected chi connectivity index (χ0v) is 7.18. The zero-order chi connectivity index (χ0) is 10.3. The summed E-state index contributed by atoms with van der Waals surface area (Å²) in [6.07, 6.45) is 2.06. The van der Waals surface area contributed by atoms with E-state index in [1.54, 1.807) is 6.07 Å². The molecule has 6 heteroatoms. The highest BCUT2D eigenvalue weighted by atomic mass is 16.5. The van der Waals surface area contributed by atoms with Gasteiger partial charge >= 0.3 is 6.33 Å². The lowest BCUT2D eigenvalue weighted by Crippen LogP contribution is -2.41. The number of anilines is 2. The lowest BCUT2D eigenvalue weighted by Gasteiger charge is -2.04. The highest BCUT2D eigenvalue weighted by molar-refractivity contribution is 5.94. The summed E-state index contributed by atoms with van der Waals surface area (Å²) in [5, 5.41) is 22.7. The molecule has 0 fully saturated rings. The van der Waals surface area contributed by atoms with E-state index in [2.05, 4.69) is 0 Å². The monoisotopic (exact) mass is 192 g/mol. The first-order valence-corrected chi connectivity index (χ1v) is 3.89. The number of nitrogens with two attached hydrogens (primary N) is 2. The number of benzene rings is 1. The maximum absolute atomic E-state index is 11.3. The van der Waals surface area contributed by atoms with E-state index in [9.17, 15) is 10.4 Å².